The second-order valence-electron chi connectivity index (χ2n) is 4.30. The van der Waals surface area contributed by atoms with Gasteiger partial charge in [-0.15, -0.1) is 0 Å². The molecule has 2 aromatic rings. The predicted molar refractivity (Wildman–Crippen MR) is 71.8 cm³/mol. The lowest BCUT2D eigenvalue weighted by Gasteiger charge is -2.17. The summed E-state index contributed by atoms with van der Waals surface area (Å²) in [6.07, 6.45) is -0.474. The third kappa shape index (κ3) is 3.02. The van der Waals surface area contributed by atoms with Gasteiger partial charge in [0, 0.05) is 5.56 Å². The highest BCUT2D eigenvalue weighted by Crippen LogP contribution is 2.22. The van der Waals surface area contributed by atoms with Gasteiger partial charge in [-0.2, -0.15) is 4.39 Å². The van der Waals surface area contributed by atoms with Gasteiger partial charge in [-0.1, -0.05) is 43.3 Å². The van der Waals surface area contributed by atoms with Gasteiger partial charge in [0.05, 0.1) is 0 Å². The van der Waals surface area contributed by atoms with Crippen LogP contribution in [-0.2, 0) is 0 Å². The van der Waals surface area contributed by atoms with Gasteiger partial charge in [-0.3, -0.25) is 4.79 Å². The lowest BCUT2D eigenvalue weighted by molar-refractivity contribution is 0.0778. The van der Waals surface area contributed by atoms with Crippen molar-refractivity contribution in [1.82, 2.24) is 0 Å². The summed E-state index contributed by atoms with van der Waals surface area (Å²) in [4.78, 5) is 12.2. The fourth-order valence-corrected chi connectivity index (χ4v) is 1.84. The largest absolute Gasteiger partial charge is 0.479 e. The lowest BCUT2D eigenvalue weighted by atomic mass is 10.0. The van der Waals surface area contributed by atoms with E-state index in [9.17, 15) is 13.6 Å². The molecule has 4 heteroatoms. The zero-order valence-electron chi connectivity index (χ0n) is 11.0. The summed E-state index contributed by atoms with van der Waals surface area (Å²) in [5, 5.41) is 0. The second-order valence-corrected chi connectivity index (χ2v) is 4.30. The number of rotatable bonds is 5. The first-order valence-electron chi connectivity index (χ1n) is 6.33. The van der Waals surface area contributed by atoms with E-state index >= 15 is 0 Å². The van der Waals surface area contributed by atoms with Crippen LogP contribution >= 0.6 is 0 Å². The molecule has 2 rings (SSSR count). The van der Waals surface area contributed by atoms with Crippen LogP contribution in [-0.4, -0.2) is 11.9 Å². The van der Waals surface area contributed by atoms with Crippen molar-refractivity contribution in [3.8, 4) is 5.75 Å². The maximum atomic E-state index is 13.6. The van der Waals surface area contributed by atoms with Crippen LogP contribution in [0.3, 0.4) is 0 Å². The Morgan fingerprint density at radius 1 is 1.10 bits per heavy atom. The van der Waals surface area contributed by atoms with Gasteiger partial charge in [-0.25, -0.2) is 4.39 Å². The van der Waals surface area contributed by atoms with Crippen molar-refractivity contribution in [3.05, 3.63) is 65.7 Å². The highest BCUT2D eigenvalue weighted by Gasteiger charge is 2.22. The molecule has 20 heavy (non-hydrogen) atoms. The van der Waals surface area contributed by atoms with Crippen molar-refractivity contribution in [2.75, 3.05) is 0 Å². The molecule has 0 N–H and O–H groups in total. The molecule has 0 heterocycles. The highest BCUT2D eigenvalue weighted by molar-refractivity contribution is 5.99. The van der Waals surface area contributed by atoms with Crippen molar-refractivity contribution in [2.24, 2.45) is 0 Å². The first-order chi connectivity index (χ1) is 9.63. The molecular weight excluding hydrogens is 262 g/mol. The zero-order chi connectivity index (χ0) is 14.5. The maximum Gasteiger partial charge on any atom is 0.203 e. The van der Waals surface area contributed by atoms with Crippen LogP contribution in [0.2, 0.25) is 0 Å². The van der Waals surface area contributed by atoms with Gasteiger partial charge >= 0.3 is 0 Å². The van der Waals surface area contributed by atoms with Crippen molar-refractivity contribution < 1.29 is 18.3 Å². The molecule has 0 saturated carbocycles. The number of carbonyl (C=O) groups is 1. The molecule has 0 aromatic heterocycles. The summed E-state index contributed by atoms with van der Waals surface area (Å²) < 4.78 is 32.0. The van der Waals surface area contributed by atoms with Crippen LogP contribution in [0.4, 0.5) is 8.78 Å². The number of hydrogen-bond acceptors (Lipinski definition) is 2. The monoisotopic (exact) mass is 276 g/mol. The van der Waals surface area contributed by atoms with Crippen molar-refractivity contribution >= 4 is 5.78 Å². The molecule has 0 amide bonds. The van der Waals surface area contributed by atoms with Crippen molar-refractivity contribution in [2.45, 2.75) is 19.4 Å². The van der Waals surface area contributed by atoms with E-state index in [0.717, 1.165) is 6.07 Å². The van der Waals surface area contributed by atoms with E-state index < -0.39 is 17.7 Å². The number of hydrogen-bond donors (Lipinski definition) is 0. The summed E-state index contributed by atoms with van der Waals surface area (Å²) in [6.45, 7) is 1.75. The van der Waals surface area contributed by atoms with Gasteiger partial charge in [0.15, 0.2) is 17.7 Å². The minimum atomic E-state index is -1.08. The van der Waals surface area contributed by atoms with Gasteiger partial charge < -0.3 is 4.74 Å². The zero-order valence-corrected chi connectivity index (χ0v) is 11.0. The number of benzene rings is 2. The van der Waals surface area contributed by atoms with Crippen LogP contribution in [0.1, 0.15) is 23.7 Å². The van der Waals surface area contributed by atoms with E-state index in [1.165, 1.54) is 12.1 Å². The number of halogens is 2. The third-order valence-electron chi connectivity index (χ3n) is 2.91. The predicted octanol–water partition coefficient (Wildman–Crippen LogP) is 4.01. The van der Waals surface area contributed by atoms with Crippen molar-refractivity contribution in [3.63, 3.8) is 0 Å². The number of ether oxygens (including phenoxy) is 1. The number of carbonyl (C=O) groups excluding carboxylic acids is 1. The SMILES string of the molecule is CCC(Oc1cccc(F)c1F)C(=O)c1ccccc1. The average Bonchev–Trinajstić information content (AvgIpc) is 2.49. The maximum absolute atomic E-state index is 13.6. The summed E-state index contributed by atoms with van der Waals surface area (Å²) in [5.74, 6) is -2.57. The number of Topliss-reactive ketones (excluding diaryl/α,β-unsaturated/α-hetero) is 1. The van der Waals surface area contributed by atoms with E-state index in [1.54, 1.807) is 37.3 Å². The van der Waals surface area contributed by atoms with Crippen LogP contribution < -0.4 is 4.74 Å². The summed E-state index contributed by atoms with van der Waals surface area (Å²) >= 11 is 0. The fraction of sp³-hybridized carbons (Fsp3) is 0.188. The first-order valence-corrected chi connectivity index (χ1v) is 6.33. The summed E-state index contributed by atoms with van der Waals surface area (Å²) in [5.41, 5.74) is 0.483. The van der Waals surface area contributed by atoms with Crippen LogP contribution in [0, 0.1) is 11.6 Å². The average molecular weight is 276 g/mol. The Hall–Kier alpha value is -2.23. The van der Waals surface area contributed by atoms with E-state index in [4.69, 9.17) is 4.74 Å². The molecule has 1 atom stereocenters. The molecule has 2 aromatic carbocycles. The Balaban J connectivity index is 2.21. The highest BCUT2D eigenvalue weighted by atomic mass is 19.2. The Labute approximate surface area is 116 Å². The minimum Gasteiger partial charge on any atom is -0.479 e. The molecule has 0 aliphatic rings. The fourth-order valence-electron chi connectivity index (χ4n) is 1.84. The molecule has 0 bridgehead atoms. The molecule has 1 unspecified atom stereocenters. The van der Waals surface area contributed by atoms with E-state index in [1.807, 2.05) is 0 Å². The third-order valence-corrected chi connectivity index (χ3v) is 2.91. The van der Waals surface area contributed by atoms with E-state index in [-0.39, 0.29) is 11.5 Å². The van der Waals surface area contributed by atoms with Crippen LogP contribution in [0.15, 0.2) is 48.5 Å². The van der Waals surface area contributed by atoms with E-state index in [2.05, 4.69) is 0 Å². The minimum absolute atomic E-state index is 0.249. The smallest absolute Gasteiger partial charge is 0.203 e. The Bertz CT molecular complexity index is 597. The Morgan fingerprint density at radius 3 is 2.45 bits per heavy atom. The van der Waals surface area contributed by atoms with Crippen LogP contribution in [0.5, 0.6) is 5.75 Å². The topological polar surface area (TPSA) is 26.3 Å². The Morgan fingerprint density at radius 2 is 1.80 bits per heavy atom. The van der Waals surface area contributed by atoms with Crippen molar-refractivity contribution in [1.29, 1.82) is 0 Å². The molecule has 0 spiro atoms. The van der Waals surface area contributed by atoms with Gasteiger partial charge in [0.2, 0.25) is 11.6 Å². The first kappa shape index (κ1) is 14.2. The molecule has 0 radical (unpaired) electrons. The lowest BCUT2D eigenvalue weighted by Crippen LogP contribution is -2.27. The second kappa shape index (κ2) is 6.28. The van der Waals surface area contributed by atoms with Crippen LogP contribution in [0.25, 0.3) is 0 Å². The quantitative estimate of drug-likeness (QED) is 0.771. The van der Waals surface area contributed by atoms with E-state index in [0.29, 0.717) is 12.0 Å². The molecule has 2 nitrogen and oxygen atoms in total. The van der Waals surface area contributed by atoms with Gasteiger partial charge in [0.1, 0.15) is 0 Å². The molecule has 0 aliphatic heterocycles. The van der Waals surface area contributed by atoms with Gasteiger partial charge in [0.25, 0.3) is 0 Å². The molecule has 0 aliphatic carbocycles. The standard InChI is InChI=1S/C16H14F2O2/c1-2-13(16(19)11-7-4-3-5-8-11)20-14-10-6-9-12(17)15(14)18/h3-10,13H,2H2,1H3. The Kier molecular flexibility index (Phi) is 4.45. The summed E-state index contributed by atoms with van der Waals surface area (Å²) in [6, 6.07) is 12.2. The molecule has 0 fully saturated rings. The summed E-state index contributed by atoms with van der Waals surface area (Å²) in [7, 11) is 0. The molecule has 104 valence electrons. The molecule has 0 saturated heterocycles. The molecular formula is C16H14F2O2. The number of ketones is 1. The van der Waals surface area contributed by atoms with Gasteiger partial charge in [-0.05, 0) is 18.6 Å². The normalized spacial score (nSPS) is 11.9.